The topological polar surface area (TPSA) is 85.3 Å². The Labute approximate surface area is 146 Å². The molecule has 2 aliphatic rings. The summed E-state index contributed by atoms with van der Waals surface area (Å²) in [6.45, 7) is 0. The highest BCUT2D eigenvalue weighted by atomic mass is 32.1. The standard InChI is InChI=1S/C17H12N2O5S/c1-23-10-6-4-9(5-7-10)19-16(21)12-13(18-24-15(12)17(19)22)14(20)11-3-2-8-25-11/h2-8,12,15H,1H3/t12-,15-/m1/s1. The van der Waals surface area contributed by atoms with Crippen molar-refractivity contribution in [3.63, 3.8) is 0 Å². The Bertz CT molecular complexity index is 888. The Hall–Kier alpha value is -3.00. The molecular weight excluding hydrogens is 344 g/mol. The summed E-state index contributed by atoms with van der Waals surface area (Å²) in [6, 6.07) is 9.89. The maximum absolute atomic E-state index is 12.8. The van der Waals surface area contributed by atoms with Crippen LogP contribution < -0.4 is 9.64 Å². The minimum absolute atomic E-state index is 0.0261. The monoisotopic (exact) mass is 356 g/mol. The molecule has 0 spiro atoms. The lowest BCUT2D eigenvalue weighted by Crippen LogP contribution is -2.34. The van der Waals surface area contributed by atoms with Crippen LogP contribution in [-0.2, 0) is 14.4 Å². The Balaban J connectivity index is 1.65. The molecule has 7 nitrogen and oxygen atoms in total. The normalized spacial score (nSPS) is 21.8. The van der Waals surface area contributed by atoms with E-state index in [2.05, 4.69) is 5.16 Å². The molecule has 2 atom stereocenters. The number of methoxy groups -OCH3 is 1. The fourth-order valence-corrected chi connectivity index (χ4v) is 3.56. The number of thiophene rings is 1. The van der Waals surface area contributed by atoms with Crippen molar-refractivity contribution in [1.29, 1.82) is 0 Å². The highest BCUT2D eigenvalue weighted by Gasteiger charge is 2.57. The number of ether oxygens (including phenoxy) is 1. The number of oxime groups is 1. The number of amides is 2. The summed E-state index contributed by atoms with van der Waals surface area (Å²) in [6.07, 6.45) is -1.09. The highest BCUT2D eigenvalue weighted by molar-refractivity contribution is 7.13. The largest absolute Gasteiger partial charge is 0.497 e. The molecule has 0 unspecified atom stereocenters. The second-order valence-corrected chi connectivity index (χ2v) is 6.44. The molecule has 0 saturated carbocycles. The van der Waals surface area contributed by atoms with E-state index in [0.717, 1.165) is 4.90 Å². The number of fused-ring (bicyclic) bond motifs is 1. The van der Waals surface area contributed by atoms with Crippen molar-refractivity contribution in [3.8, 4) is 5.75 Å². The third-order valence-corrected chi connectivity index (χ3v) is 4.99. The van der Waals surface area contributed by atoms with Gasteiger partial charge < -0.3 is 9.57 Å². The first kappa shape index (κ1) is 15.5. The number of carbonyl (C=O) groups excluding carboxylic acids is 3. The molecule has 1 fully saturated rings. The molecule has 2 amide bonds. The van der Waals surface area contributed by atoms with Crippen molar-refractivity contribution in [3.05, 3.63) is 46.7 Å². The first-order chi connectivity index (χ1) is 12.1. The summed E-state index contributed by atoms with van der Waals surface area (Å²) < 4.78 is 5.07. The van der Waals surface area contributed by atoms with Gasteiger partial charge in [-0.3, -0.25) is 14.4 Å². The molecule has 0 aliphatic carbocycles. The number of Topliss-reactive ketones (excluding diaryl/α,β-unsaturated/α-hetero) is 1. The number of benzene rings is 1. The van der Waals surface area contributed by atoms with E-state index in [1.807, 2.05) is 0 Å². The van der Waals surface area contributed by atoms with Crippen LogP contribution in [0.1, 0.15) is 9.67 Å². The van der Waals surface area contributed by atoms with Crippen LogP contribution in [0, 0.1) is 5.92 Å². The number of nitrogens with zero attached hydrogens (tertiary/aromatic N) is 2. The molecule has 126 valence electrons. The smallest absolute Gasteiger partial charge is 0.278 e. The summed E-state index contributed by atoms with van der Waals surface area (Å²) in [5.41, 5.74) is 0.374. The second kappa shape index (κ2) is 5.82. The van der Waals surface area contributed by atoms with Crippen LogP contribution in [0.4, 0.5) is 5.69 Å². The molecule has 2 aliphatic heterocycles. The molecule has 8 heteroatoms. The minimum atomic E-state index is -1.09. The number of anilines is 1. The Morgan fingerprint density at radius 1 is 1.20 bits per heavy atom. The Kier molecular flexibility index (Phi) is 3.61. The lowest BCUT2D eigenvalue weighted by atomic mass is 9.96. The fourth-order valence-electron chi connectivity index (χ4n) is 2.89. The maximum Gasteiger partial charge on any atom is 0.278 e. The number of hydrogen-bond acceptors (Lipinski definition) is 7. The maximum atomic E-state index is 12.8. The van der Waals surface area contributed by atoms with Crippen molar-refractivity contribution in [2.45, 2.75) is 6.10 Å². The van der Waals surface area contributed by atoms with E-state index in [0.29, 0.717) is 16.3 Å². The number of imide groups is 1. The van der Waals surface area contributed by atoms with Gasteiger partial charge in [-0.25, -0.2) is 4.90 Å². The predicted octanol–water partition coefficient (Wildman–Crippen LogP) is 1.88. The first-order valence-electron chi connectivity index (χ1n) is 7.45. The molecule has 25 heavy (non-hydrogen) atoms. The average molecular weight is 356 g/mol. The van der Waals surface area contributed by atoms with Gasteiger partial charge in [0.2, 0.25) is 17.8 Å². The number of rotatable bonds is 4. The van der Waals surface area contributed by atoms with E-state index < -0.39 is 23.8 Å². The lowest BCUT2D eigenvalue weighted by Gasteiger charge is -2.15. The molecule has 0 N–H and O–H groups in total. The highest BCUT2D eigenvalue weighted by Crippen LogP contribution is 2.35. The molecule has 2 aromatic rings. The first-order valence-corrected chi connectivity index (χ1v) is 8.33. The van der Waals surface area contributed by atoms with Crippen molar-refractivity contribution in [2.75, 3.05) is 12.0 Å². The Morgan fingerprint density at radius 2 is 1.96 bits per heavy atom. The summed E-state index contributed by atoms with van der Waals surface area (Å²) in [7, 11) is 1.53. The summed E-state index contributed by atoms with van der Waals surface area (Å²) in [4.78, 5) is 44.5. The van der Waals surface area contributed by atoms with Crippen LogP contribution in [0.2, 0.25) is 0 Å². The predicted molar refractivity (Wildman–Crippen MR) is 89.9 cm³/mol. The number of ketones is 1. The molecular formula is C17H12N2O5S. The van der Waals surface area contributed by atoms with E-state index in [-0.39, 0.29) is 11.5 Å². The van der Waals surface area contributed by atoms with Crippen LogP contribution >= 0.6 is 11.3 Å². The summed E-state index contributed by atoms with van der Waals surface area (Å²) in [5, 5.41) is 5.47. The van der Waals surface area contributed by atoms with Crippen molar-refractivity contribution in [1.82, 2.24) is 0 Å². The van der Waals surface area contributed by atoms with Crippen LogP contribution in [-0.4, -0.2) is 36.5 Å². The zero-order valence-electron chi connectivity index (χ0n) is 13.0. The molecule has 3 heterocycles. The number of hydrogen-bond donors (Lipinski definition) is 0. The van der Waals surface area contributed by atoms with E-state index in [9.17, 15) is 14.4 Å². The zero-order chi connectivity index (χ0) is 17.6. The fraction of sp³-hybridized carbons (Fsp3) is 0.176. The summed E-state index contributed by atoms with van der Waals surface area (Å²) >= 11 is 1.25. The summed E-state index contributed by atoms with van der Waals surface area (Å²) in [5.74, 6) is -1.84. The van der Waals surface area contributed by atoms with E-state index >= 15 is 0 Å². The van der Waals surface area contributed by atoms with E-state index in [1.54, 1.807) is 41.8 Å². The molecule has 4 rings (SSSR count). The molecule has 1 aromatic heterocycles. The third kappa shape index (κ3) is 2.33. The number of carbonyl (C=O) groups is 3. The van der Waals surface area contributed by atoms with Crippen molar-refractivity contribution >= 4 is 40.3 Å². The van der Waals surface area contributed by atoms with Crippen LogP contribution in [0.25, 0.3) is 0 Å². The van der Waals surface area contributed by atoms with Gasteiger partial charge >= 0.3 is 0 Å². The van der Waals surface area contributed by atoms with Gasteiger partial charge in [-0.15, -0.1) is 11.3 Å². The van der Waals surface area contributed by atoms with Crippen LogP contribution in [0.3, 0.4) is 0 Å². The Morgan fingerprint density at radius 3 is 2.60 bits per heavy atom. The van der Waals surface area contributed by atoms with E-state index in [4.69, 9.17) is 9.57 Å². The van der Waals surface area contributed by atoms with Gasteiger partial charge in [0.15, 0.2) is 0 Å². The van der Waals surface area contributed by atoms with Crippen LogP contribution in [0.5, 0.6) is 5.75 Å². The third-order valence-electron chi connectivity index (χ3n) is 4.12. The van der Waals surface area contributed by atoms with Gasteiger partial charge in [0, 0.05) is 0 Å². The van der Waals surface area contributed by atoms with Gasteiger partial charge in [-0.2, -0.15) is 0 Å². The molecule has 1 aromatic carbocycles. The van der Waals surface area contributed by atoms with Gasteiger partial charge in [0.05, 0.1) is 17.7 Å². The van der Waals surface area contributed by atoms with Crippen molar-refractivity contribution in [2.24, 2.45) is 11.1 Å². The minimum Gasteiger partial charge on any atom is -0.497 e. The second-order valence-electron chi connectivity index (χ2n) is 5.50. The average Bonchev–Trinajstić information content (AvgIpc) is 3.35. The SMILES string of the molecule is COc1ccc(N2C(=O)[C@@H]3C(C(=O)c4cccs4)=NO[C@H]3C2=O)cc1. The zero-order valence-corrected chi connectivity index (χ0v) is 13.9. The molecule has 0 radical (unpaired) electrons. The quantitative estimate of drug-likeness (QED) is 0.617. The van der Waals surface area contributed by atoms with Gasteiger partial charge in [0.25, 0.3) is 5.91 Å². The molecule has 1 saturated heterocycles. The van der Waals surface area contributed by atoms with Crippen LogP contribution in [0.15, 0.2) is 46.9 Å². The van der Waals surface area contributed by atoms with Gasteiger partial charge in [0.1, 0.15) is 17.4 Å². The lowest BCUT2D eigenvalue weighted by molar-refractivity contribution is -0.126. The van der Waals surface area contributed by atoms with E-state index in [1.165, 1.54) is 18.4 Å². The van der Waals surface area contributed by atoms with Gasteiger partial charge in [-0.1, -0.05) is 11.2 Å². The van der Waals surface area contributed by atoms with Crippen molar-refractivity contribution < 1.29 is 24.0 Å². The van der Waals surface area contributed by atoms with Gasteiger partial charge in [-0.05, 0) is 35.7 Å². The molecule has 0 bridgehead atoms.